The molecule has 2 aliphatic rings. The number of aromatic nitrogens is 2. The van der Waals surface area contributed by atoms with Crippen LogP contribution >= 0.6 is 0 Å². The molecule has 0 radical (unpaired) electrons. The van der Waals surface area contributed by atoms with Crippen LogP contribution in [-0.4, -0.2) is 32.6 Å². The molecule has 7 rings (SSSR count). The van der Waals surface area contributed by atoms with Crippen molar-refractivity contribution in [1.82, 2.24) is 19.4 Å². The van der Waals surface area contributed by atoms with Gasteiger partial charge in [-0.25, -0.2) is 4.98 Å². The molecule has 1 atom stereocenters. The van der Waals surface area contributed by atoms with E-state index in [0.717, 1.165) is 45.2 Å². The Morgan fingerprint density at radius 3 is 2.57 bits per heavy atom. The van der Waals surface area contributed by atoms with Gasteiger partial charge in [-0.1, -0.05) is 42.5 Å². The predicted octanol–water partition coefficient (Wildman–Crippen LogP) is 7.23. The fraction of sp³-hybridized carbons (Fsp3) is 0.0938. The molecule has 0 aliphatic carbocycles. The van der Waals surface area contributed by atoms with E-state index < -0.39 is 0 Å². The van der Waals surface area contributed by atoms with Gasteiger partial charge in [0.15, 0.2) is 0 Å². The number of rotatable bonds is 4. The van der Waals surface area contributed by atoms with Crippen LogP contribution in [0, 0.1) is 6.92 Å². The highest BCUT2D eigenvalue weighted by molar-refractivity contribution is 6.09. The quantitative estimate of drug-likeness (QED) is 0.270. The van der Waals surface area contributed by atoms with Gasteiger partial charge < -0.3 is 14.5 Å². The molecule has 1 unspecified atom stereocenters. The number of benzene rings is 3. The van der Waals surface area contributed by atoms with E-state index in [1.807, 2.05) is 24.4 Å². The zero-order valence-electron chi connectivity index (χ0n) is 20.7. The van der Waals surface area contributed by atoms with Crippen LogP contribution in [0.25, 0.3) is 33.3 Å². The first-order valence-electron chi connectivity index (χ1n) is 12.5. The minimum atomic E-state index is 0.212. The topological polar surface area (TPSA) is 33.5 Å². The first-order valence-corrected chi connectivity index (χ1v) is 12.5. The Morgan fingerprint density at radius 1 is 0.811 bits per heavy atom. The van der Waals surface area contributed by atoms with E-state index in [9.17, 15) is 0 Å². The second-order valence-corrected chi connectivity index (χ2v) is 9.58. The molecule has 0 N–H and O–H groups in total. The lowest BCUT2D eigenvalue weighted by molar-refractivity contribution is 0.282. The Kier molecular flexibility index (Phi) is 4.89. The summed E-state index contributed by atoms with van der Waals surface area (Å²) in [6.07, 6.45) is 12.8. The zero-order chi connectivity index (χ0) is 24.9. The molecule has 2 aromatic heterocycles. The van der Waals surface area contributed by atoms with Crippen molar-refractivity contribution < 1.29 is 4.74 Å². The van der Waals surface area contributed by atoms with Gasteiger partial charge in [-0.3, -0.25) is 4.57 Å². The van der Waals surface area contributed by atoms with Crippen LogP contribution in [-0.2, 0) is 0 Å². The Balaban J connectivity index is 1.28. The lowest BCUT2D eigenvalue weighted by Crippen LogP contribution is -2.33. The number of hydrogen-bond acceptors (Lipinski definition) is 4. The number of allylic oxidation sites excluding steroid dienone is 2. The number of hydrogen-bond donors (Lipinski definition) is 0. The van der Waals surface area contributed by atoms with Crippen molar-refractivity contribution in [2.75, 3.05) is 7.05 Å². The Morgan fingerprint density at radius 2 is 1.68 bits per heavy atom. The molecule has 0 amide bonds. The van der Waals surface area contributed by atoms with Gasteiger partial charge in [0.05, 0.1) is 16.7 Å². The third-order valence-corrected chi connectivity index (χ3v) is 7.08. The second-order valence-electron chi connectivity index (χ2n) is 9.58. The maximum Gasteiger partial charge on any atom is 0.137 e. The third kappa shape index (κ3) is 3.59. The number of nitrogens with zero attached hydrogens (tertiary/aromatic N) is 4. The third-order valence-electron chi connectivity index (χ3n) is 7.08. The molecule has 3 aromatic carbocycles. The summed E-state index contributed by atoms with van der Waals surface area (Å²) in [7, 11) is 2.10. The Hall–Kier alpha value is -4.77. The Labute approximate surface area is 215 Å². The van der Waals surface area contributed by atoms with Gasteiger partial charge >= 0.3 is 0 Å². The SMILES string of the molecule is Cc1ccc(-n2c3ccccc3c3ccc(Oc4cccc(C5=CN(C)C6C=CC=CN56)c4)cc32)nc1. The van der Waals surface area contributed by atoms with E-state index in [1.165, 1.54) is 10.8 Å². The standard InChI is InChI=1S/C32H26N4O/c1-22-13-16-31(33-20-22)36-28-11-4-3-10-26(28)27-15-14-25(19-29(27)36)37-24-9-7-8-23(18-24)30-21-34(2)32-12-5-6-17-35(30)32/h3-21,32H,1-2H3. The first-order chi connectivity index (χ1) is 18.2. The maximum atomic E-state index is 6.43. The monoisotopic (exact) mass is 482 g/mol. The van der Waals surface area contributed by atoms with E-state index in [-0.39, 0.29) is 6.17 Å². The van der Waals surface area contributed by atoms with Gasteiger partial charge in [0, 0.05) is 48.0 Å². The van der Waals surface area contributed by atoms with Crippen LogP contribution in [0.1, 0.15) is 11.1 Å². The molecule has 5 heteroatoms. The molecule has 37 heavy (non-hydrogen) atoms. The van der Waals surface area contributed by atoms with Crippen molar-refractivity contribution in [2.24, 2.45) is 0 Å². The Bertz CT molecular complexity index is 1740. The van der Waals surface area contributed by atoms with E-state index in [4.69, 9.17) is 9.72 Å². The van der Waals surface area contributed by atoms with Crippen LogP contribution < -0.4 is 4.74 Å². The second kappa shape index (κ2) is 8.42. The van der Waals surface area contributed by atoms with Crippen molar-refractivity contribution in [2.45, 2.75) is 13.1 Å². The van der Waals surface area contributed by atoms with Crippen molar-refractivity contribution in [3.05, 3.63) is 127 Å². The summed E-state index contributed by atoms with van der Waals surface area (Å²) >= 11 is 0. The van der Waals surface area contributed by atoms with Gasteiger partial charge in [0.25, 0.3) is 0 Å². The van der Waals surface area contributed by atoms with Crippen molar-refractivity contribution in [1.29, 1.82) is 0 Å². The molecule has 0 fully saturated rings. The van der Waals surface area contributed by atoms with Crippen molar-refractivity contribution in [3.63, 3.8) is 0 Å². The van der Waals surface area contributed by atoms with Gasteiger partial charge in [0.2, 0.25) is 0 Å². The van der Waals surface area contributed by atoms with E-state index >= 15 is 0 Å². The zero-order valence-corrected chi connectivity index (χ0v) is 20.7. The minimum Gasteiger partial charge on any atom is -0.457 e. The molecular formula is C32H26N4O. The molecule has 0 saturated carbocycles. The summed E-state index contributed by atoms with van der Waals surface area (Å²) in [5, 5.41) is 2.37. The molecular weight excluding hydrogens is 456 g/mol. The minimum absolute atomic E-state index is 0.212. The lowest BCUT2D eigenvalue weighted by atomic mass is 10.1. The van der Waals surface area contributed by atoms with E-state index in [1.54, 1.807) is 0 Å². The summed E-state index contributed by atoms with van der Waals surface area (Å²) in [4.78, 5) is 9.22. The summed E-state index contributed by atoms with van der Waals surface area (Å²) in [6.45, 7) is 2.06. The normalized spacial score (nSPS) is 16.5. The van der Waals surface area contributed by atoms with Crippen LogP contribution in [0.3, 0.4) is 0 Å². The molecule has 4 heterocycles. The number of fused-ring (bicyclic) bond motifs is 4. The van der Waals surface area contributed by atoms with Gasteiger partial charge in [-0.05, 0) is 61.0 Å². The highest BCUT2D eigenvalue weighted by Crippen LogP contribution is 2.37. The highest BCUT2D eigenvalue weighted by atomic mass is 16.5. The average Bonchev–Trinajstić information content (AvgIpc) is 3.44. The van der Waals surface area contributed by atoms with Gasteiger partial charge in [0.1, 0.15) is 23.5 Å². The summed E-state index contributed by atoms with van der Waals surface area (Å²) in [6, 6.07) is 27.2. The maximum absolute atomic E-state index is 6.43. The molecule has 2 aliphatic heterocycles. The van der Waals surface area contributed by atoms with E-state index in [2.05, 4.69) is 120 Å². The molecule has 5 nitrogen and oxygen atoms in total. The molecule has 5 aromatic rings. The van der Waals surface area contributed by atoms with Crippen LogP contribution in [0.2, 0.25) is 0 Å². The summed E-state index contributed by atoms with van der Waals surface area (Å²) in [5.41, 5.74) is 5.60. The van der Waals surface area contributed by atoms with Crippen molar-refractivity contribution in [3.8, 4) is 17.3 Å². The largest absolute Gasteiger partial charge is 0.457 e. The number of aryl methyl sites for hydroxylation is 1. The van der Waals surface area contributed by atoms with Crippen LogP contribution in [0.5, 0.6) is 11.5 Å². The average molecular weight is 483 g/mol. The van der Waals surface area contributed by atoms with Crippen molar-refractivity contribution >= 4 is 27.5 Å². The lowest BCUT2D eigenvalue weighted by Gasteiger charge is -2.29. The summed E-state index contributed by atoms with van der Waals surface area (Å²) < 4.78 is 8.64. The molecule has 0 bridgehead atoms. The van der Waals surface area contributed by atoms with E-state index in [0.29, 0.717) is 0 Å². The van der Waals surface area contributed by atoms with Gasteiger partial charge in [-0.2, -0.15) is 0 Å². The number of likely N-dealkylation sites (N-methyl/N-ethyl adjacent to an activating group) is 1. The number of ether oxygens (including phenoxy) is 1. The summed E-state index contributed by atoms with van der Waals surface area (Å²) in [5.74, 6) is 2.49. The fourth-order valence-corrected chi connectivity index (χ4v) is 5.31. The van der Waals surface area contributed by atoms with Crippen LogP contribution in [0.4, 0.5) is 0 Å². The first kappa shape index (κ1) is 21.5. The fourth-order valence-electron chi connectivity index (χ4n) is 5.31. The number of para-hydroxylation sites is 1. The van der Waals surface area contributed by atoms with Crippen LogP contribution in [0.15, 0.2) is 116 Å². The predicted molar refractivity (Wildman–Crippen MR) is 149 cm³/mol. The smallest absolute Gasteiger partial charge is 0.137 e. The molecule has 180 valence electrons. The molecule has 0 spiro atoms. The number of pyridine rings is 1. The molecule has 0 saturated heterocycles. The highest BCUT2D eigenvalue weighted by Gasteiger charge is 2.28. The van der Waals surface area contributed by atoms with Gasteiger partial charge in [-0.15, -0.1) is 0 Å².